The van der Waals surface area contributed by atoms with Crippen molar-refractivity contribution in [3.8, 4) is 5.69 Å². The van der Waals surface area contributed by atoms with Gasteiger partial charge in [0.25, 0.3) is 10.0 Å². The monoisotopic (exact) mass is 406 g/mol. The second kappa shape index (κ2) is 7.77. The summed E-state index contributed by atoms with van der Waals surface area (Å²) in [6.45, 7) is 1.93. The van der Waals surface area contributed by atoms with E-state index in [0.29, 0.717) is 10.7 Å². The molecule has 0 saturated heterocycles. The molecule has 0 amide bonds. The van der Waals surface area contributed by atoms with Crippen LogP contribution in [-0.4, -0.2) is 35.8 Å². The van der Waals surface area contributed by atoms with Crippen LogP contribution in [-0.2, 0) is 14.8 Å². The Bertz CT molecular complexity index is 1050. The molecule has 2 aromatic carbocycles. The van der Waals surface area contributed by atoms with Crippen LogP contribution in [0.5, 0.6) is 0 Å². The minimum atomic E-state index is -3.92. The highest BCUT2D eigenvalue weighted by atomic mass is 35.5. The van der Waals surface area contributed by atoms with Gasteiger partial charge in [-0.3, -0.25) is 4.72 Å². The third-order valence-electron chi connectivity index (χ3n) is 3.54. The zero-order chi connectivity index (χ0) is 19.4. The summed E-state index contributed by atoms with van der Waals surface area (Å²) in [4.78, 5) is 15.5. The van der Waals surface area contributed by atoms with Gasteiger partial charge in [-0.1, -0.05) is 11.6 Å². The number of ether oxygens (including phenoxy) is 1. The van der Waals surface area contributed by atoms with Gasteiger partial charge in [-0.2, -0.15) is 5.10 Å². The highest BCUT2D eigenvalue weighted by Gasteiger charge is 2.18. The summed E-state index contributed by atoms with van der Waals surface area (Å²) in [5, 5.41) is 4.36. The molecule has 0 fully saturated rings. The Morgan fingerprint density at radius 1 is 1.22 bits per heavy atom. The number of anilines is 1. The van der Waals surface area contributed by atoms with Crippen LogP contribution >= 0.6 is 11.6 Å². The molecule has 3 aromatic rings. The number of carbonyl (C=O) groups excluding carboxylic acids is 1. The van der Waals surface area contributed by atoms with Crippen molar-refractivity contribution >= 4 is 33.3 Å². The van der Waals surface area contributed by atoms with Crippen molar-refractivity contribution in [3.63, 3.8) is 0 Å². The van der Waals surface area contributed by atoms with E-state index in [1.807, 2.05) is 0 Å². The Morgan fingerprint density at radius 2 is 1.96 bits per heavy atom. The van der Waals surface area contributed by atoms with Gasteiger partial charge in [-0.15, -0.1) is 0 Å². The normalized spacial score (nSPS) is 11.2. The maximum absolute atomic E-state index is 12.7. The van der Waals surface area contributed by atoms with E-state index in [9.17, 15) is 13.2 Å². The summed E-state index contributed by atoms with van der Waals surface area (Å²) in [6.07, 6.45) is 2.77. The number of sulfonamides is 1. The first-order valence-electron chi connectivity index (χ1n) is 7.85. The summed E-state index contributed by atoms with van der Waals surface area (Å²) in [5.41, 5.74) is 0.966. The lowest BCUT2D eigenvalue weighted by Crippen LogP contribution is -2.15. The number of rotatable bonds is 6. The third-order valence-corrected chi connectivity index (χ3v) is 5.16. The van der Waals surface area contributed by atoms with E-state index < -0.39 is 16.0 Å². The second-order valence-electron chi connectivity index (χ2n) is 5.35. The number of aromatic nitrogens is 3. The maximum atomic E-state index is 12.7. The molecule has 1 aromatic heterocycles. The second-order valence-corrected chi connectivity index (χ2v) is 7.47. The molecule has 0 aliphatic heterocycles. The lowest BCUT2D eigenvalue weighted by atomic mass is 10.2. The van der Waals surface area contributed by atoms with Crippen LogP contribution in [0.3, 0.4) is 0 Å². The number of nitrogens with zero attached hydrogens (tertiary/aromatic N) is 3. The first-order chi connectivity index (χ1) is 12.9. The molecule has 0 aliphatic carbocycles. The Balaban J connectivity index is 1.91. The van der Waals surface area contributed by atoms with Gasteiger partial charge >= 0.3 is 5.97 Å². The molecule has 0 aliphatic rings. The van der Waals surface area contributed by atoms with Gasteiger partial charge in [0.1, 0.15) is 12.7 Å². The fourth-order valence-corrected chi connectivity index (χ4v) is 3.55. The quantitative estimate of drug-likeness (QED) is 0.631. The maximum Gasteiger partial charge on any atom is 0.338 e. The van der Waals surface area contributed by atoms with Gasteiger partial charge in [0.2, 0.25) is 0 Å². The lowest BCUT2D eigenvalue weighted by molar-refractivity contribution is 0.0526. The average Bonchev–Trinajstić information content (AvgIpc) is 3.16. The van der Waals surface area contributed by atoms with E-state index in [1.54, 1.807) is 19.1 Å². The van der Waals surface area contributed by atoms with Gasteiger partial charge in [0, 0.05) is 5.02 Å². The van der Waals surface area contributed by atoms with Gasteiger partial charge < -0.3 is 4.74 Å². The Hall–Kier alpha value is -2.91. The van der Waals surface area contributed by atoms with Crippen molar-refractivity contribution in [2.24, 2.45) is 0 Å². The lowest BCUT2D eigenvalue weighted by Gasteiger charge is -2.13. The van der Waals surface area contributed by atoms with Crippen LogP contribution in [0.1, 0.15) is 17.3 Å². The van der Waals surface area contributed by atoms with Crippen molar-refractivity contribution in [1.29, 1.82) is 0 Å². The van der Waals surface area contributed by atoms with Crippen molar-refractivity contribution in [3.05, 3.63) is 65.7 Å². The highest BCUT2D eigenvalue weighted by Crippen LogP contribution is 2.26. The average molecular weight is 407 g/mol. The highest BCUT2D eigenvalue weighted by molar-refractivity contribution is 7.92. The molecule has 1 N–H and O–H groups in total. The standard InChI is InChI=1S/C17H15ClN4O4S/c1-2-26-17(23)12-3-6-14(7-4-12)27(24,25)21-15-9-13(18)5-8-16(15)22-11-19-10-20-22/h3-11,21H,2H2,1H3. The van der Waals surface area contributed by atoms with Crippen molar-refractivity contribution in [2.45, 2.75) is 11.8 Å². The molecule has 3 rings (SSSR count). The molecule has 0 saturated carbocycles. The van der Waals surface area contributed by atoms with Crippen molar-refractivity contribution < 1.29 is 17.9 Å². The fourth-order valence-electron chi connectivity index (χ4n) is 2.31. The number of nitrogens with one attached hydrogen (secondary N) is 1. The molecular formula is C17H15ClN4O4S. The fraction of sp³-hybridized carbons (Fsp3) is 0.118. The van der Waals surface area contributed by atoms with Crippen LogP contribution < -0.4 is 4.72 Å². The zero-order valence-corrected chi connectivity index (χ0v) is 15.7. The molecule has 0 bridgehead atoms. The Labute approximate surface area is 160 Å². The minimum absolute atomic E-state index is 0.0138. The molecule has 0 radical (unpaired) electrons. The topological polar surface area (TPSA) is 103 Å². The molecular weight excluding hydrogens is 392 g/mol. The van der Waals surface area contributed by atoms with E-state index in [4.69, 9.17) is 16.3 Å². The molecule has 0 unspecified atom stereocenters. The first-order valence-corrected chi connectivity index (χ1v) is 9.71. The van der Waals surface area contributed by atoms with E-state index in [2.05, 4.69) is 14.8 Å². The summed E-state index contributed by atoms with van der Waals surface area (Å²) < 4.78 is 34.2. The van der Waals surface area contributed by atoms with E-state index in [1.165, 1.54) is 47.7 Å². The largest absolute Gasteiger partial charge is 0.462 e. The molecule has 10 heteroatoms. The predicted octanol–water partition coefficient (Wildman–Crippen LogP) is 2.90. The van der Waals surface area contributed by atoms with Crippen LogP contribution in [0.2, 0.25) is 5.02 Å². The van der Waals surface area contributed by atoms with E-state index in [0.717, 1.165) is 0 Å². The van der Waals surface area contributed by atoms with Gasteiger partial charge in [-0.05, 0) is 49.4 Å². The van der Waals surface area contributed by atoms with E-state index in [-0.39, 0.29) is 22.8 Å². The van der Waals surface area contributed by atoms with Gasteiger partial charge in [-0.25, -0.2) is 22.9 Å². The van der Waals surface area contributed by atoms with Crippen LogP contribution in [0.15, 0.2) is 60.0 Å². The minimum Gasteiger partial charge on any atom is -0.462 e. The Morgan fingerprint density at radius 3 is 2.59 bits per heavy atom. The number of halogens is 1. The third kappa shape index (κ3) is 4.26. The molecule has 27 heavy (non-hydrogen) atoms. The van der Waals surface area contributed by atoms with Crippen LogP contribution in [0.25, 0.3) is 5.69 Å². The SMILES string of the molecule is CCOC(=O)c1ccc(S(=O)(=O)Nc2cc(Cl)ccc2-n2cncn2)cc1. The van der Waals surface area contributed by atoms with Gasteiger partial charge in [0.05, 0.1) is 28.4 Å². The number of hydrogen-bond donors (Lipinski definition) is 1. The van der Waals surface area contributed by atoms with E-state index >= 15 is 0 Å². The summed E-state index contributed by atoms with van der Waals surface area (Å²) >= 11 is 6.01. The molecule has 0 atom stereocenters. The Kier molecular flexibility index (Phi) is 5.43. The van der Waals surface area contributed by atoms with Crippen molar-refractivity contribution in [2.75, 3.05) is 11.3 Å². The zero-order valence-electron chi connectivity index (χ0n) is 14.2. The number of benzene rings is 2. The number of carbonyl (C=O) groups is 1. The molecule has 1 heterocycles. The first kappa shape index (κ1) is 18.9. The molecule has 0 spiro atoms. The summed E-state index contributed by atoms with van der Waals surface area (Å²) in [7, 11) is -3.92. The van der Waals surface area contributed by atoms with Gasteiger partial charge in [0.15, 0.2) is 0 Å². The summed E-state index contributed by atoms with van der Waals surface area (Å²) in [6, 6.07) is 10.2. The molecule has 8 nitrogen and oxygen atoms in total. The van der Waals surface area contributed by atoms with Crippen molar-refractivity contribution in [1.82, 2.24) is 14.8 Å². The molecule has 140 valence electrons. The number of hydrogen-bond acceptors (Lipinski definition) is 6. The predicted molar refractivity (Wildman–Crippen MR) is 99.6 cm³/mol. The van der Waals surface area contributed by atoms with Crippen LogP contribution in [0.4, 0.5) is 5.69 Å². The smallest absolute Gasteiger partial charge is 0.338 e. The van der Waals surface area contributed by atoms with Crippen LogP contribution in [0, 0.1) is 0 Å². The summed E-state index contributed by atoms with van der Waals surface area (Å²) in [5.74, 6) is -0.516. The number of esters is 1.